The fourth-order valence-electron chi connectivity index (χ4n) is 2.73. The standard InChI is InChI=1S/C17H16ClFN2O4S/c18-15-10-12(4-5-16(15)22)17(23)20-6-8-21(9-7-20)26(24,25)14-3-1-2-13(19)11-14/h1-5,10-11,22H,6-9H2. The number of carbonyl (C=O) groups excluding carboxylic acids is 1. The maximum atomic E-state index is 13.3. The fourth-order valence-corrected chi connectivity index (χ4v) is 4.37. The lowest BCUT2D eigenvalue weighted by atomic mass is 10.2. The maximum absolute atomic E-state index is 13.3. The molecule has 1 saturated heterocycles. The van der Waals surface area contributed by atoms with Crippen molar-refractivity contribution >= 4 is 27.5 Å². The first-order chi connectivity index (χ1) is 12.3. The molecule has 0 radical (unpaired) electrons. The van der Waals surface area contributed by atoms with E-state index in [9.17, 15) is 22.7 Å². The van der Waals surface area contributed by atoms with Gasteiger partial charge < -0.3 is 10.0 Å². The van der Waals surface area contributed by atoms with Gasteiger partial charge in [0.2, 0.25) is 10.0 Å². The monoisotopic (exact) mass is 398 g/mol. The molecule has 0 unspecified atom stereocenters. The van der Waals surface area contributed by atoms with Crippen molar-refractivity contribution in [1.29, 1.82) is 0 Å². The summed E-state index contributed by atoms with van der Waals surface area (Å²) in [4.78, 5) is 13.9. The molecular weight excluding hydrogens is 383 g/mol. The number of aromatic hydroxyl groups is 1. The summed E-state index contributed by atoms with van der Waals surface area (Å²) in [6.07, 6.45) is 0. The van der Waals surface area contributed by atoms with E-state index in [0.29, 0.717) is 5.56 Å². The van der Waals surface area contributed by atoms with Crippen LogP contribution < -0.4 is 0 Å². The molecule has 3 rings (SSSR count). The van der Waals surface area contributed by atoms with Crippen LogP contribution in [0.2, 0.25) is 5.02 Å². The molecule has 0 atom stereocenters. The number of phenols is 1. The Kier molecular flexibility index (Phi) is 5.17. The van der Waals surface area contributed by atoms with Crippen LogP contribution in [0, 0.1) is 5.82 Å². The summed E-state index contributed by atoms with van der Waals surface area (Å²) in [7, 11) is -3.81. The number of piperazine rings is 1. The van der Waals surface area contributed by atoms with Gasteiger partial charge in [-0.15, -0.1) is 0 Å². The van der Waals surface area contributed by atoms with E-state index in [1.54, 1.807) is 0 Å². The van der Waals surface area contributed by atoms with Crippen molar-refractivity contribution in [3.63, 3.8) is 0 Å². The van der Waals surface area contributed by atoms with E-state index in [1.807, 2.05) is 0 Å². The number of halogens is 2. The van der Waals surface area contributed by atoms with Crippen LogP contribution in [-0.4, -0.2) is 54.8 Å². The number of hydrogen-bond acceptors (Lipinski definition) is 4. The molecule has 1 fully saturated rings. The van der Waals surface area contributed by atoms with Gasteiger partial charge in [-0.3, -0.25) is 4.79 Å². The molecule has 1 aliphatic heterocycles. The van der Waals surface area contributed by atoms with Gasteiger partial charge >= 0.3 is 0 Å². The molecule has 0 saturated carbocycles. The predicted octanol–water partition coefficient (Wildman–Crippen LogP) is 2.33. The molecule has 1 heterocycles. The molecule has 1 aliphatic rings. The van der Waals surface area contributed by atoms with Gasteiger partial charge in [-0.25, -0.2) is 12.8 Å². The number of sulfonamides is 1. The van der Waals surface area contributed by atoms with Gasteiger partial charge in [-0.1, -0.05) is 17.7 Å². The van der Waals surface area contributed by atoms with E-state index in [4.69, 9.17) is 11.6 Å². The van der Waals surface area contributed by atoms with E-state index in [2.05, 4.69) is 0 Å². The van der Waals surface area contributed by atoms with Gasteiger partial charge in [-0.2, -0.15) is 4.31 Å². The molecular formula is C17H16ClFN2O4S. The summed E-state index contributed by atoms with van der Waals surface area (Å²) in [5.74, 6) is -1.03. The molecule has 0 aliphatic carbocycles. The third kappa shape index (κ3) is 3.67. The minimum absolute atomic E-state index is 0.0724. The highest BCUT2D eigenvalue weighted by atomic mass is 35.5. The molecule has 26 heavy (non-hydrogen) atoms. The second kappa shape index (κ2) is 7.22. The first-order valence-corrected chi connectivity index (χ1v) is 9.64. The number of carbonyl (C=O) groups is 1. The van der Waals surface area contributed by atoms with Crippen LogP contribution in [0.15, 0.2) is 47.4 Å². The van der Waals surface area contributed by atoms with Crippen LogP contribution in [0.5, 0.6) is 5.75 Å². The van der Waals surface area contributed by atoms with Crippen molar-refractivity contribution in [2.75, 3.05) is 26.2 Å². The van der Waals surface area contributed by atoms with E-state index < -0.39 is 15.8 Å². The Morgan fingerprint density at radius 3 is 2.38 bits per heavy atom. The van der Waals surface area contributed by atoms with Crippen LogP contribution >= 0.6 is 11.6 Å². The molecule has 0 aromatic heterocycles. The fraction of sp³-hybridized carbons (Fsp3) is 0.235. The highest BCUT2D eigenvalue weighted by Crippen LogP contribution is 2.25. The zero-order valence-corrected chi connectivity index (χ0v) is 15.2. The SMILES string of the molecule is O=C(c1ccc(O)c(Cl)c1)N1CCN(S(=O)(=O)c2cccc(F)c2)CC1. The van der Waals surface area contributed by atoms with Crippen LogP contribution in [-0.2, 0) is 10.0 Å². The van der Waals surface area contributed by atoms with Crippen LogP contribution in [0.25, 0.3) is 0 Å². The van der Waals surface area contributed by atoms with Crippen LogP contribution in [0.1, 0.15) is 10.4 Å². The highest BCUT2D eigenvalue weighted by Gasteiger charge is 2.30. The minimum Gasteiger partial charge on any atom is -0.506 e. The average molecular weight is 399 g/mol. The lowest BCUT2D eigenvalue weighted by Gasteiger charge is -2.34. The smallest absolute Gasteiger partial charge is 0.253 e. The number of hydrogen-bond donors (Lipinski definition) is 1. The van der Waals surface area contributed by atoms with Crippen molar-refractivity contribution < 1.29 is 22.7 Å². The Morgan fingerprint density at radius 1 is 1.08 bits per heavy atom. The summed E-state index contributed by atoms with van der Waals surface area (Å²) in [5.41, 5.74) is 0.314. The first-order valence-electron chi connectivity index (χ1n) is 7.82. The van der Waals surface area contributed by atoms with Crippen molar-refractivity contribution in [1.82, 2.24) is 9.21 Å². The summed E-state index contributed by atoms with van der Waals surface area (Å²) in [6.45, 7) is 0.616. The largest absolute Gasteiger partial charge is 0.506 e. The molecule has 0 bridgehead atoms. The van der Waals surface area contributed by atoms with Crippen molar-refractivity contribution in [3.8, 4) is 5.75 Å². The average Bonchev–Trinajstić information content (AvgIpc) is 2.63. The van der Waals surface area contributed by atoms with Gasteiger partial charge in [0.15, 0.2) is 0 Å². The van der Waals surface area contributed by atoms with Gasteiger partial charge in [0.25, 0.3) is 5.91 Å². The second-order valence-electron chi connectivity index (χ2n) is 5.82. The quantitative estimate of drug-likeness (QED) is 0.860. The number of amides is 1. The zero-order chi connectivity index (χ0) is 18.9. The van der Waals surface area contributed by atoms with Gasteiger partial charge in [0, 0.05) is 31.7 Å². The predicted molar refractivity (Wildman–Crippen MR) is 94.2 cm³/mol. The summed E-state index contributed by atoms with van der Waals surface area (Å²) in [5, 5.41) is 9.50. The summed E-state index contributed by atoms with van der Waals surface area (Å²) >= 11 is 5.82. The van der Waals surface area contributed by atoms with Gasteiger partial charge in [0.1, 0.15) is 11.6 Å². The number of rotatable bonds is 3. The van der Waals surface area contributed by atoms with E-state index >= 15 is 0 Å². The summed E-state index contributed by atoms with van der Waals surface area (Å²) in [6, 6.07) is 9.00. The Bertz CT molecular complexity index is 944. The molecule has 0 spiro atoms. The van der Waals surface area contributed by atoms with Crippen molar-refractivity contribution in [3.05, 3.63) is 58.9 Å². The highest BCUT2D eigenvalue weighted by molar-refractivity contribution is 7.89. The lowest BCUT2D eigenvalue weighted by Crippen LogP contribution is -2.50. The molecule has 9 heteroatoms. The van der Waals surface area contributed by atoms with Crippen molar-refractivity contribution in [2.45, 2.75) is 4.90 Å². The van der Waals surface area contributed by atoms with Gasteiger partial charge in [0.05, 0.1) is 9.92 Å². The molecule has 1 amide bonds. The minimum atomic E-state index is -3.81. The first kappa shape index (κ1) is 18.6. The molecule has 2 aromatic rings. The van der Waals surface area contributed by atoms with Gasteiger partial charge in [-0.05, 0) is 36.4 Å². The molecule has 6 nitrogen and oxygen atoms in total. The summed E-state index contributed by atoms with van der Waals surface area (Å²) < 4.78 is 39.7. The zero-order valence-electron chi connectivity index (χ0n) is 13.6. The number of benzene rings is 2. The third-order valence-electron chi connectivity index (χ3n) is 4.15. The maximum Gasteiger partial charge on any atom is 0.253 e. The van der Waals surface area contributed by atoms with Crippen molar-refractivity contribution in [2.24, 2.45) is 0 Å². The number of nitrogens with zero attached hydrogens (tertiary/aromatic N) is 2. The lowest BCUT2D eigenvalue weighted by molar-refractivity contribution is 0.0698. The Morgan fingerprint density at radius 2 is 1.77 bits per heavy atom. The topological polar surface area (TPSA) is 77.9 Å². The molecule has 1 N–H and O–H groups in total. The Hall–Kier alpha value is -2.16. The third-order valence-corrected chi connectivity index (χ3v) is 6.35. The van der Waals surface area contributed by atoms with Crippen LogP contribution in [0.3, 0.4) is 0 Å². The molecule has 138 valence electrons. The normalized spacial score (nSPS) is 15.8. The Labute approximate surface area is 155 Å². The number of phenolic OH excluding ortho intramolecular Hbond substituents is 1. The Balaban J connectivity index is 1.70. The van der Waals surface area contributed by atoms with Crippen LogP contribution in [0.4, 0.5) is 4.39 Å². The van der Waals surface area contributed by atoms with E-state index in [0.717, 1.165) is 6.07 Å². The second-order valence-corrected chi connectivity index (χ2v) is 8.16. The van der Waals surface area contributed by atoms with E-state index in [-0.39, 0.29) is 47.8 Å². The molecule has 2 aromatic carbocycles. The van der Waals surface area contributed by atoms with E-state index in [1.165, 1.54) is 45.6 Å².